The van der Waals surface area contributed by atoms with Crippen molar-refractivity contribution in [3.63, 3.8) is 0 Å². The van der Waals surface area contributed by atoms with Gasteiger partial charge in [-0.2, -0.15) is 5.26 Å². The molecule has 3 rings (SSSR count). The summed E-state index contributed by atoms with van der Waals surface area (Å²) in [6.07, 6.45) is 0. The van der Waals surface area contributed by atoms with E-state index in [1.807, 2.05) is 6.07 Å². The van der Waals surface area contributed by atoms with Gasteiger partial charge in [0, 0.05) is 55.7 Å². The second-order valence-corrected chi connectivity index (χ2v) is 8.71. The molecule has 0 aromatic heterocycles. The third-order valence-electron chi connectivity index (χ3n) is 5.88. The van der Waals surface area contributed by atoms with Gasteiger partial charge < -0.3 is 20.9 Å². The Morgan fingerprint density at radius 3 is 2.33 bits per heavy atom. The molecule has 8 nitrogen and oxygen atoms in total. The van der Waals surface area contributed by atoms with Crippen LogP contribution >= 0.6 is 0 Å². The molecule has 0 spiro atoms. The van der Waals surface area contributed by atoms with Crippen molar-refractivity contribution < 1.29 is 9.59 Å². The fraction of sp³-hybridized carbons (Fsp3) is 0.400. The van der Waals surface area contributed by atoms with Crippen molar-refractivity contribution in [2.24, 2.45) is 5.92 Å². The summed E-state index contributed by atoms with van der Waals surface area (Å²) < 4.78 is 0. The average Bonchev–Trinajstić information content (AvgIpc) is 2.80. The smallest absolute Gasteiger partial charge is 0.319 e. The highest BCUT2D eigenvalue weighted by molar-refractivity contribution is 6.05. The van der Waals surface area contributed by atoms with Gasteiger partial charge in [0.1, 0.15) is 0 Å². The van der Waals surface area contributed by atoms with Crippen LogP contribution in [0.3, 0.4) is 0 Å². The summed E-state index contributed by atoms with van der Waals surface area (Å²) in [6.45, 7) is 8.97. The summed E-state index contributed by atoms with van der Waals surface area (Å²) in [7, 11) is 2.13. The molecule has 33 heavy (non-hydrogen) atoms. The molecule has 0 saturated carbocycles. The van der Waals surface area contributed by atoms with E-state index in [0.717, 1.165) is 26.2 Å². The van der Waals surface area contributed by atoms with Crippen LogP contribution in [-0.2, 0) is 0 Å². The summed E-state index contributed by atoms with van der Waals surface area (Å²) in [5.41, 5.74) is 1.95. The van der Waals surface area contributed by atoms with Gasteiger partial charge in [0.25, 0.3) is 5.91 Å². The Bertz CT molecular complexity index is 1010. The van der Waals surface area contributed by atoms with Gasteiger partial charge in [0.05, 0.1) is 11.6 Å². The van der Waals surface area contributed by atoms with Crippen LogP contribution < -0.4 is 16.0 Å². The monoisotopic (exact) mass is 448 g/mol. The fourth-order valence-electron chi connectivity index (χ4n) is 3.92. The number of hydrogen-bond acceptors (Lipinski definition) is 5. The number of piperazine rings is 1. The maximum Gasteiger partial charge on any atom is 0.319 e. The molecular weight excluding hydrogens is 416 g/mol. The van der Waals surface area contributed by atoms with Crippen molar-refractivity contribution in [2.45, 2.75) is 19.9 Å². The number of urea groups is 1. The SMILES string of the molecule is CC(C)C(CNC(=O)Nc1cccc(C(=O)Nc2cccc(C#N)c2)c1)N1CCN(C)CC1. The van der Waals surface area contributed by atoms with E-state index in [9.17, 15) is 9.59 Å². The van der Waals surface area contributed by atoms with E-state index >= 15 is 0 Å². The highest BCUT2D eigenvalue weighted by Crippen LogP contribution is 2.16. The van der Waals surface area contributed by atoms with Gasteiger partial charge in [0.2, 0.25) is 0 Å². The van der Waals surface area contributed by atoms with E-state index in [-0.39, 0.29) is 18.0 Å². The summed E-state index contributed by atoms with van der Waals surface area (Å²) in [5, 5.41) is 17.6. The number of carbonyl (C=O) groups excluding carboxylic acids is 2. The van der Waals surface area contributed by atoms with Crippen LogP contribution in [0.4, 0.5) is 16.2 Å². The number of benzene rings is 2. The van der Waals surface area contributed by atoms with Gasteiger partial charge in [-0.15, -0.1) is 0 Å². The number of amides is 3. The van der Waals surface area contributed by atoms with Gasteiger partial charge in [-0.3, -0.25) is 9.69 Å². The van der Waals surface area contributed by atoms with Crippen molar-refractivity contribution in [2.75, 3.05) is 50.4 Å². The molecular formula is C25H32N6O2. The van der Waals surface area contributed by atoms with Crippen molar-refractivity contribution in [3.8, 4) is 6.07 Å². The van der Waals surface area contributed by atoms with E-state index in [0.29, 0.717) is 35.0 Å². The predicted molar refractivity (Wildman–Crippen MR) is 130 cm³/mol. The van der Waals surface area contributed by atoms with E-state index in [2.05, 4.69) is 46.6 Å². The molecule has 1 atom stereocenters. The van der Waals surface area contributed by atoms with Gasteiger partial charge in [-0.05, 0) is 49.4 Å². The highest BCUT2D eigenvalue weighted by atomic mass is 16.2. The molecule has 1 saturated heterocycles. The number of anilines is 2. The normalized spacial score (nSPS) is 15.5. The molecule has 2 aromatic carbocycles. The molecule has 0 aliphatic carbocycles. The molecule has 3 N–H and O–H groups in total. The van der Waals surface area contributed by atoms with Crippen LogP contribution in [0.1, 0.15) is 29.8 Å². The number of nitrogens with zero attached hydrogens (tertiary/aromatic N) is 3. The summed E-state index contributed by atoms with van der Waals surface area (Å²) in [4.78, 5) is 29.9. The van der Waals surface area contributed by atoms with Gasteiger partial charge in [0.15, 0.2) is 0 Å². The number of hydrogen-bond donors (Lipinski definition) is 3. The van der Waals surface area contributed by atoms with E-state index in [4.69, 9.17) is 5.26 Å². The second kappa shape index (κ2) is 11.5. The molecule has 1 fully saturated rings. The average molecular weight is 449 g/mol. The first-order valence-corrected chi connectivity index (χ1v) is 11.2. The highest BCUT2D eigenvalue weighted by Gasteiger charge is 2.25. The topological polar surface area (TPSA) is 100 Å². The lowest BCUT2D eigenvalue weighted by Crippen LogP contribution is -2.54. The minimum Gasteiger partial charge on any atom is -0.336 e. The Labute approximate surface area is 195 Å². The zero-order valence-electron chi connectivity index (χ0n) is 19.5. The first-order valence-electron chi connectivity index (χ1n) is 11.2. The van der Waals surface area contributed by atoms with Crippen LogP contribution in [0.25, 0.3) is 0 Å². The number of nitrogens with one attached hydrogen (secondary N) is 3. The quantitative estimate of drug-likeness (QED) is 0.604. The standard InChI is InChI=1S/C25H32N6O2/c1-18(2)23(31-12-10-30(3)11-13-31)17-27-25(33)29-22-9-5-7-20(15-22)24(32)28-21-8-4-6-19(14-21)16-26/h4-9,14-15,18,23H,10-13,17H2,1-3H3,(H,28,32)(H2,27,29,33). The van der Waals surface area contributed by atoms with E-state index in [1.165, 1.54) is 0 Å². The van der Waals surface area contributed by atoms with Gasteiger partial charge in [-0.1, -0.05) is 26.0 Å². The maximum absolute atomic E-state index is 12.6. The van der Waals surface area contributed by atoms with E-state index < -0.39 is 0 Å². The van der Waals surface area contributed by atoms with Crippen LogP contribution in [0.2, 0.25) is 0 Å². The summed E-state index contributed by atoms with van der Waals surface area (Å²) >= 11 is 0. The molecule has 1 heterocycles. The first-order chi connectivity index (χ1) is 15.9. The lowest BCUT2D eigenvalue weighted by atomic mass is 10.0. The predicted octanol–water partition coefficient (Wildman–Crippen LogP) is 3.20. The number of rotatable bonds is 7. The lowest BCUT2D eigenvalue weighted by molar-refractivity contribution is 0.0890. The second-order valence-electron chi connectivity index (χ2n) is 8.71. The van der Waals surface area contributed by atoms with Crippen molar-refractivity contribution in [1.29, 1.82) is 5.26 Å². The minimum absolute atomic E-state index is 0.269. The number of likely N-dealkylation sites (N-methyl/N-ethyl adjacent to an activating group) is 1. The molecule has 0 bridgehead atoms. The fourth-order valence-corrected chi connectivity index (χ4v) is 3.92. The van der Waals surface area contributed by atoms with E-state index in [1.54, 1.807) is 48.5 Å². The van der Waals surface area contributed by atoms with Crippen LogP contribution in [0.5, 0.6) is 0 Å². The largest absolute Gasteiger partial charge is 0.336 e. The molecule has 1 aliphatic rings. The molecule has 0 radical (unpaired) electrons. The van der Waals surface area contributed by atoms with Crippen LogP contribution in [0.15, 0.2) is 48.5 Å². The molecule has 2 aromatic rings. The Morgan fingerprint density at radius 2 is 1.67 bits per heavy atom. The summed E-state index contributed by atoms with van der Waals surface area (Å²) in [5.74, 6) is 0.101. The first kappa shape index (κ1) is 24.2. The van der Waals surface area contributed by atoms with Crippen LogP contribution in [0, 0.1) is 17.2 Å². The van der Waals surface area contributed by atoms with Crippen molar-refractivity contribution in [1.82, 2.24) is 15.1 Å². The molecule has 1 aliphatic heterocycles. The Morgan fingerprint density at radius 1 is 1.00 bits per heavy atom. The number of carbonyl (C=O) groups is 2. The van der Waals surface area contributed by atoms with Crippen LogP contribution in [-0.4, -0.2) is 67.6 Å². The van der Waals surface area contributed by atoms with Gasteiger partial charge in [-0.25, -0.2) is 4.79 Å². The Kier molecular flexibility index (Phi) is 8.41. The molecule has 8 heteroatoms. The zero-order valence-corrected chi connectivity index (χ0v) is 19.5. The zero-order chi connectivity index (χ0) is 23.8. The van der Waals surface area contributed by atoms with Crippen molar-refractivity contribution in [3.05, 3.63) is 59.7 Å². The van der Waals surface area contributed by atoms with Gasteiger partial charge >= 0.3 is 6.03 Å². The molecule has 1 unspecified atom stereocenters. The van der Waals surface area contributed by atoms with Crippen molar-refractivity contribution >= 4 is 23.3 Å². The summed E-state index contributed by atoms with van der Waals surface area (Å²) in [6, 6.07) is 15.5. The Balaban J connectivity index is 1.56. The molecule has 3 amide bonds. The maximum atomic E-state index is 12.6. The number of nitriles is 1. The Hall–Kier alpha value is -3.41. The third-order valence-corrected chi connectivity index (χ3v) is 5.88. The third kappa shape index (κ3) is 7.04. The lowest BCUT2D eigenvalue weighted by Gasteiger charge is -2.39. The minimum atomic E-state index is -0.316. The molecule has 174 valence electrons.